The second-order valence-corrected chi connectivity index (χ2v) is 6.58. The molecule has 0 saturated heterocycles. The van der Waals surface area contributed by atoms with Gasteiger partial charge >= 0.3 is 6.01 Å². The van der Waals surface area contributed by atoms with Gasteiger partial charge in [-0.1, -0.05) is 36.5 Å². The number of para-hydroxylation sites is 2. The van der Waals surface area contributed by atoms with Gasteiger partial charge in [0, 0.05) is 5.92 Å². The first-order chi connectivity index (χ1) is 12.2. The molecule has 0 radical (unpaired) electrons. The van der Waals surface area contributed by atoms with Crippen LogP contribution in [-0.2, 0) is 4.79 Å². The van der Waals surface area contributed by atoms with Gasteiger partial charge in [-0.3, -0.25) is 10.1 Å². The van der Waals surface area contributed by atoms with E-state index >= 15 is 0 Å². The topological polar surface area (TPSA) is 86.5 Å². The van der Waals surface area contributed by atoms with E-state index in [0.717, 1.165) is 12.8 Å². The van der Waals surface area contributed by atoms with E-state index in [1.54, 1.807) is 13.0 Å². The monoisotopic (exact) mass is 343 g/mol. The van der Waals surface area contributed by atoms with Crippen LogP contribution in [0.15, 0.2) is 28.7 Å². The molecule has 7 heteroatoms. The molecule has 2 aromatic rings. The number of hydrogen-bond acceptors (Lipinski definition) is 6. The molecule has 1 fully saturated rings. The normalized spacial score (nSPS) is 23.2. The lowest BCUT2D eigenvalue weighted by molar-refractivity contribution is -0.128. The molecular formula is C18H21N3O4. The number of hydrogen-bond donors (Lipinski definition) is 1. The van der Waals surface area contributed by atoms with Crippen molar-refractivity contribution in [3.8, 4) is 11.5 Å². The standard InChI is InChI=1S/C18H21N3O4/c1-11-15(24-14-10-6-5-9-13(14)23-11)16(22)19-18-21-20-17(25-18)12-7-3-2-4-8-12/h5-6,9-12,15H,2-4,7-8H2,1H3,(H,19,21,22). The van der Waals surface area contributed by atoms with E-state index in [-0.39, 0.29) is 11.9 Å². The second-order valence-electron chi connectivity index (χ2n) is 6.58. The summed E-state index contributed by atoms with van der Waals surface area (Å²) in [5.41, 5.74) is 0. The van der Waals surface area contributed by atoms with Crippen LogP contribution in [0.1, 0.15) is 50.8 Å². The minimum absolute atomic E-state index is 0.111. The molecule has 1 aliphatic heterocycles. The highest BCUT2D eigenvalue weighted by atomic mass is 16.6. The molecule has 1 aromatic carbocycles. The summed E-state index contributed by atoms with van der Waals surface area (Å²) in [4.78, 5) is 12.5. The van der Waals surface area contributed by atoms with E-state index in [1.165, 1.54) is 19.3 Å². The molecule has 1 N–H and O–H groups in total. The van der Waals surface area contributed by atoms with Gasteiger partial charge in [0.15, 0.2) is 11.5 Å². The summed E-state index contributed by atoms with van der Waals surface area (Å²) in [5, 5.41) is 10.7. The third-order valence-corrected chi connectivity index (χ3v) is 4.73. The van der Waals surface area contributed by atoms with Crippen molar-refractivity contribution in [3.05, 3.63) is 30.2 Å². The Balaban J connectivity index is 1.43. The van der Waals surface area contributed by atoms with E-state index in [1.807, 2.05) is 18.2 Å². The van der Waals surface area contributed by atoms with E-state index in [2.05, 4.69) is 15.5 Å². The molecule has 2 aliphatic rings. The fourth-order valence-electron chi connectivity index (χ4n) is 3.38. The van der Waals surface area contributed by atoms with Crippen LogP contribution < -0.4 is 14.8 Å². The van der Waals surface area contributed by atoms with Crippen LogP contribution in [0.3, 0.4) is 0 Å². The molecule has 1 aromatic heterocycles. The van der Waals surface area contributed by atoms with Gasteiger partial charge in [-0.2, -0.15) is 0 Å². The zero-order valence-corrected chi connectivity index (χ0v) is 14.1. The summed E-state index contributed by atoms with van der Waals surface area (Å²) in [6.07, 6.45) is 4.53. The average Bonchev–Trinajstić information content (AvgIpc) is 3.10. The highest BCUT2D eigenvalue weighted by Gasteiger charge is 2.35. The number of ether oxygens (including phenoxy) is 2. The molecule has 0 bridgehead atoms. The van der Waals surface area contributed by atoms with E-state index in [9.17, 15) is 4.79 Å². The third kappa shape index (κ3) is 3.31. The van der Waals surface area contributed by atoms with Crippen molar-refractivity contribution in [2.45, 2.75) is 57.2 Å². The van der Waals surface area contributed by atoms with Crippen LogP contribution in [0, 0.1) is 0 Å². The lowest BCUT2D eigenvalue weighted by Crippen LogP contribution is -2.46. The van der Waals surface area contributed by atoms with Gasteiger partial charge < -0.3 is 13.9 Å². The number of anilines is 1. The predicted molar refractivity (Wildman–Crippen MR) is 89.7 cm³/mol. The average molecular weight is 343 g/mol. The number of amides is 1. The smallest absolute Gasteiger partial charge is 0.322 e. The van der Waals surface area contributed by atoms with Crippen LogP contribution in [-0.4, -0.2) is 28.3 Å². The van der Waals surface area contributed by atoms with Gasteiger partial charge in [0.05, 0.1) is 0 Å². The zero-order chi connectivity index (χ0) is 17.2. The largest absolute Gasteiger partial charge is 0.482 e. The Labute approximate surface area is 145 Å². The highest BCUT2D eigenvalue weighted by molar-refractivity contribution is 5.93. The molecule has 2 atom stereocenters. The quantitative estimate of drug-likeness (QED) is 0.920. The number of fused-ring (bicyclic) bond motifs is 1. The summed E-state index contributed by atoms with van der Waals surface area (Å²) in [5.74, 6) is 1.73. The second kappa shape index (κ2) is 6.74. The van der Waals surface area contributed by atoms with E-state index < -0.39 is 12.2 Å². The predicted octanol–water partition coefficient (Wildman–Crippen LogP) is 3.28. The first kappa shape index (κ1) is 15.9. The Hall–Kier alpha value is -2.57. The van der Waals surface area contributed by atoms with Gasteiger partial charge in [-0.05, 0) is 31.9 Å². The molecule has 1 aliphatic carbocycles. The highest BCUT2D eigenvalue weighted by Crippen LogP contribution is 2.34. The number of nitrogens with zero attached hydrogens (tertiary/aromatic N) is 2. The van der Waals surface area contributed by atoms with E-state index in [0.29, 0.717) is 23.3 Å². The fraction of sp³-hybridized carbons (Fsp3) is 0.500. The van der Waals surface area contributed by atoms with Crippen LogP contribution >= 0.6 is 0 Å². The van der Waals surface area contributed by atoms with Gasteiger partial charge in [0.1, 0.15) is 6.10 Å². The van der Waals surface area contributed by atoms with Crippen LogP contribution in [0.4, 0.5) is 6.01 Å². The number of carbonyl (C=O) groups is 1. The van der Waals surface area contributed by atoms with Crippen LogP contribution in [0.25, 0.3) is 0 Å². The minimum Gasteiger partial charge on any atom is -0.482 e. The maximum Gasteiger partial charge on any atom is 0.322 e. The summed E-state index contributed by atoms with van der Waals surface area (Å²) in [7, 11) is 0. The first-order valence-electron chi connectivity index (χ1n) is 8.77. The molecule has 1 saturated carbocycles. The summed E-state index contributed by atoms with van der Waals surface area (Å²) in [6.45, 7) is 1.79. The number of aromatic nitrogens is 2. The molecule has 7 nitrogen and oxygen atoms in total. The SMILES string of the molecule is CC1Oc2ccccc2OC1C(=O)Nc1nnc(C2CCCCC2)o1. The van der Waals surface area contributed by atoms with Gasteiger partial charge in [-0.25, -0.2) is 0 Å². The van der Waals surface area contributed by atoms with Gasteiger partial charge in [0.2, 0.25) is 12.0 Å². The van der Waals surface area contributed by atoms with Crippen molar-refractivity contribution in [2.75, 3.05) is 5.32 Å². The van der Waals surface area contributed by atoms with Gasteiger partial charge in [-0.15, -0.1) is 5.10 Å². The third-order valence-electron chi connectivity index (χ3n) is 4.73. The lowest BCUT2D eigenvalue weighted by Gasteiger charge is -2.30. The van der Waals surface area contributed by atoms with Crippen molar-refractivity contribution in [1.29, 1.82) is 0 Å². The van der Waals surface area contributed by atoms with Gasteiger partial charge in [0.25, 0.3) is 5.91 Å². The molecule has 4 rings (SSSR count). The maximum absolute atomic E-state index is 12.5. The number of rotatable bonds is 3. The molecule has 2 heterocycles. The number of nitrogens with one attached hydrogen (secondary N) is 1. The van der Waals surface area contributed by atoms with Crippen molar-refractivity contribution in [1.82, 2.24) is 10.2 Å². The van der Waals surface area contributed by atoms with Crippen molar-refractivity contribution >= 4 is 11.9 Å². The Morgan fingerprint density at radius 2 is 1.80 bits per heavy atom. The Morgan fingerprint density at radius 1 is 1.08 bits per heavy atom. The van der Waals surface area contributed by atoms with Crippen molar-refractivity contribution < 1.29 is 18.7 Å². The minimum atomic E-state index is -0.778. The number of carbonyl (C=O) groups excluding carboxylic acids is 1. The Bertz CT molecular complexity index is 754. The molecule has 2 unspecified atom stereocenters. The zero-order valence-electron chi connectivity index (χ0n) is 14.1. The molecule has 1 amide bonds. The van der Waals surface area contributed by atoms with Crippen LogP contribution in [0.2, 0.25) is 0 Å². The fourth-order valence-corrected chi connectivity index (χ4v) is 3.38. The molecular weight excluding hydrogens is 322 g/mol. The summed E-state index contributed by atoms with van der Waals surface area (Å²) < 4.78 is 17.2. The molecule has 25 heavy (non-hydrogen) atoms. The molecule has 0 spiro atoms. The summed E-state index contributed by atoms with van der Waals surface area (Å²) >= 11 is 0. The molecule has 132 valence electrons. The number of benzene rings is 1. The maximum atomic E-state index is 12.5. The first-order valence-corrected chi connectivity index (χ1v) is 8.77. The lowest BCUT2D eigenvalue weighted by atomic mass is 9.89. The van der Waals surface area contributed by atoms with Crippen molar-refractivity contribution in [2.24, 2.45) is 0 Å². The van der Waals surface area contributed by atoms with E-state index in [4.69, 9.17) is 13.9 Å². The van der Waals surface area contributed by atoms with Crippen LogP contribution in [0.5, 0.6) is 11.5 Å². The Kier molecular flexibility index (Phi) is 4.29. The van der Waals surface area contributed by atoms with Crippen molar-refractivity contribution in [3.63, 3.8) is 0 Å². The Morgan fingerprint density at radius 3 is 2.56 bits per heavy atom. The summed E-state index contributed by atoms with van der Waals surface area (Å²) in [6, 6.07) is 7.39.